The lowest BCUT2D eigenvalue weighted by Gasteiger charge is -2.35. The molecule has 0 aromatic heterocycles. The van der Waals surface area contributed by atoms with Gasteiger partial charge in [0.05, 0.1) is 0 Å². The predicted molar refractivity (Wildman–Crippen MR) is 68.1 cm³/mol. The number of hydrogen-bond donors (Lipinski definition) is 1. The van der Waals surface area contributed by atoms with E-state index in [1.165, 1.54) is 0 Å². The van der Waals surface area contributed by atoms with Crippen molar-refractivity contribution >= 4 is 16.5 Å². The van der Waals surface area contributed by atoms with Gasteiger partial charge < -0.3 is 4.65 Å². The maximum absolute atomic E-state index is 3.87. The predicted octanol–water partition coefficient (Wildman–Crippen LogP) is 3.36. The Morgan fingerprint density at radius 2 is 1.38 bits per heavy atom. The van der Waals surface area contributed by atoms with Crippen LogP contribution in [0.2, 0.25) is 38.3 Å². The zero-order valence-electron chi connectivity index (χ0n) is 9.65. The van der Waals surface area contributed by atoms with Gasteiger partial charge in [-0.05, 0) is 0 Å². The van der Waals surface area contributed by atoms with E-state index in [-0.39, 0.29) is 0 Å². The van der Waals surface area contributed by atoms with Gasteiger partial charge in [0.15, 0.2) is 0 Å². The van der Waals surface area contributed by atoms with Crippen molar-refractivity contribution in [2.75, 3.05) is 0 Å². The Balaban J connectivity index is 4.54. The standard InChI is InChI=1S/C10H23NSi2/c1-8-10(9-2)13(6,7)11-12(3,4)5/h8-11H,1-2H2,3-7H3. The summed E-state index contributed by atoms with van der Waals surface area (Å²) < 4.78 is 3.83. The Hall–Kier alpha value is -0.126. The number of rotatable bonds is 5. The van der Waals surface area contributed by atoms with Gasteiger partial charge in [0.25, 0.3) is 0 Å². The lowest BCUT2D eigenvalue weighted by Crippen LogP contribution is -2.59. The van der Waals surface area contributed by atoms with Gasteiger partial charge in [0.2, 0.25) is 0 Å². The molecule has 0 aromatic rings. The van der Waals surface area contributed by atoms with E-state index in [9.17, 15) is 0 Å². The second-order valence-electron chi connectivity index (χ2n) is 5.09. The highest BCUT2D eigenvalue weighted by Crippen LogP contribution is 2.22. The van der Waals surface area contributed by atoms with E-state index in [0.29, 0.717) is 5.54 Å². The van der Waals surface area contributed by atoms with Crippen molar-refractivity contribution in [2.24, 2.45) is 0 Å². The Morgan fingerprint density at radius 1 is 1.00 bits per heavy atom. The molecule has 1 nitrogen and oxygen atoms in total. The van der Waals surface area contributed by atoms with Gasteiger partial charge in [0.1, 0.15) is 16.5 Å². The molecule has 0 amide bonds. The topological polar surface area (TPSA) is 12.0 Å². The normalized spacial score (nSPS) is 13.1. The molecular weight excluding hydrogens is 190 g/mol. The summed E-state index contributed by atoms with van der Waals surface area (Å²) in [5.41, 5.74) is 0.472. The smallest absolute Gasteiger partial charge is 0.123 e. The van der Waals surface area contributed by atoms with Crippen LogP contribution in [0.1, 0.15) is 0 Å². The monoisotopic (exact) mass is 213 g/mol. The highest BCUT2D eigenvalue weighted by Gasteiger charge is 2.32. The van der Waals surface area contributed by atoms with E-state index in [0.717, 1.165) is 0 Å². The summed E-state index contributed by atoms with van der Waals surface area (Å²) in [6.07, 6.45) is 4.04. The highest BCUT2D eigenvalue weighted by atomic mass is 28.4. The molecule has 3 heteroatoms. The minimum Gasteiger partial charge on any atom is -0.359 e. The molecule has 13 heavy (non-hydrogen) atoms. The molecule has 0 aliphatic carbocycles. The van der Waals surface area contributed by atoms with Gasteiger partial charge in [-0.25, -0.2) is 0 Å². The minimum absolute atomic E-state index is 0.472. The molecule has 0 aliphatic rings. The molecule has 0 bridgehead atoms. The van der Waals surface area contributed by atoms with Gasteiger partial charge in [0, 0.05) is 5.54 Å². The van der Waals surface area contributed by atoms with Crippen molar-refractivity contribution in [3.63, 3.8) is 0 Å². The fourth-order valence-corrected chi connectivity index (χ4v) is 11.3. The third-order valence-corrected chi connectivity index (χ3v) is 9.75. The van der Waals surface area contributed by atoms with Gasteiger partial charge in [-0.3, -0.25) is 0 Å². The van der Waals surface area contributed by atoms with Crippen LogP contribution in [0.25, 0.3) is 0 Å². The van der Waals surface area contributed by atoms with Crippen LogP contribution in [0.5, 0.6) is 0 Å². The van der Waals surface area contributed by atoms with Crippen molar-refractivity contribution in [1.29, 1.82) is 0 Å². The SMILES string of the molecule is C=CC(C=C)[Si](C)(C)N[Si](C)(C)C. The summed E-state index contributed by atoms with van der Waals surface area (Å²) >= 11 is 0. The highest BCUT2D eigenvalue weighted by molar-refractivity contribution is 6.91. The summed E-state index contributed by atoms with van der Waals surface area (Å²) in [5, 5.41) is 0. The Bertz CT molecular complexity index is 184. The number of hydrogen-bond acceptors (Lipinski definition) is 1. The second kappa shape index (κ2) is 4.39. The van der Waals surface area contributed by atoms with Gasteiger partial charge in [-0.2, -0.15) is 0 Å². The lowest BCUT2D eigenvalue weighted by atomic mass is 10.4. The summed E-state index contributed by atoms with van der Waals surface area (Å²) in [6.45, 7) is 19.4. The van der Waals surface area contributed by atoms with Crippen LogP contribution in [0.15, 0.2) is 25.3 Å². The van der Waals surface area contributed by atoms with E-state index in [1.807, 2.05) is 12.2 Å². The molecule has 1 N–H and O–H groups in total. The number of nitrogens with one attached hydrogen (secondary N) is 1. The van der Waals surface area contributed by atoms with Crippen LogP contribution in [-0.4, -0.2) is 16.5 Å². The van der Waals surface area contributed by atoms with Crippen LogP contribution in [0, 0.1) is 0 Å². The zero-order chi connectivity index (χ0) is 10.7. The number of allylic oxidation sites excluding steroid dienone is 2. The molecule has 0 aliphatic heterocycles. The zero-order valence-corrected chi connectivity index (χ0v) is 11.6. The summed E-state index contributed by atoms with van der Waals surface area (Å²) in [7, 11) is -2.56. The molecule has 0 saturated heterocycles. The van der Waals surface area contributed by atoms with Crippen LogP contribution in [0.3, 0.4) is 0 Å². The van der Waals surface area contributed by atoms with Crippen LogP contribution < -0.4 is 4.65 Å². The van der Waals surface area contributed by atoms with Gasteiger partial charge >= 0.3 is 0 Å². The first-order valence-corrected chi connectivity index (χ1v) is 11.3. The average molecular weight is 213 g/mol. The molecular formula is C10H23NSi2. The van der Waals surface area contributed by atoms with Crippen LogP contribution >= 0.6 is 0 Å². The largest absolute Gasteiger partial charge is 0.359 e. The summed E-state index contributed by atoms with van der Waals surface area (Å²) in [6, 6.07) is 0. The maximum Gasteiger partial charge on any atom is 0.123 e. The second-order valence-corrected chi connectivity index (χ2v) is 14.7. The minimum atomic E-state index is -1.39. The summed E-state index contributed by atoms with van der Waals surface area (Å²) in [4.78, 5) is 0. The third kappa shape index (κ3) is 4.59. The molecule has 0 atom stereocenters. The fourth-order valence-electron chi connectivity index (χ4n) is 1.74. The average Bonchev–Trinajstić information content (AvgIpc) is 1.83. The molecule has 76 valence electrons. The molecule has 0 unspecified atom stereocenters. The first-order valence-electron chi connectivity index (χ1n) is 4.77. The van der Waals surface area contributed by atoms with E-state index in [2.05, 4.69) is 50.5 Å². The van der Waals surface area contributed by atoms with Crippen molar-refractivity contribution in [2.45, 2.75) is 38.3 Å². The molecule has 0 saturated carbocycles. The first kappa shape index (κ1) is 12.9. The van der Waals surface area contributed by atoms with E-state index in [1.54, 1.807) is 0 Å². The van der Waals surface area contributed by atoms with Crippen molar-refractivity contribution in [3.05, 3.63) is 25.3 Å². The van der Waals surface area contributed by atoms with Gasteiger partial charge in [-0.15, -0.1) is 13.2 Å². The van der Waals surface area contributed by atoms with Crippen molar-refractivity contribution < 1.29 is 0 Å². The molecule has 0 spiro atoms. The molecule has 0 radical (unpaired) electrons. The van der Waals surface area contributed by atoms with E-state index >= 15 is 0 Å². The molecule has 0 heterocycles. The molecule has 0 rings (SSSR count). The van der Waals surface area contributed by atoms with Crippen LogP contribution in [-0.2, 0) is 0 Å². The third-order valence-electron chi connectivity index (χ3n) is 2.04. The Morgan fingerprint density at radius 3 is 1.62 bits per heavy atom. The van der Waals surface area contributed by atoms with E-state index < -0.39 is 16.5 Å². The maximum atomic E-state index is 3.87. The quantitative estimate of drug-likeness (QED) is 0.545. The van der Waals surface area contributed by atoms with Crippen molar-refractivity contribution in [1.82, 2.24) is 4.65 Å². The van der Waals surface area contributed by atoms with E-state index in [4.69, 9.17) is 0 Å². The van der Waals surface area contributed by atoms with Crippen LogP contribution in [0.4, 0.5) is 0 Å². The molecule has 0 fully saturated rings. The Kier molecular flexibility index (Phi) is 4.35. The molecule has 0 aromatic carbocycles. The lowest BCUT2D eigenvalue weighted by molar-refractivity contribution is 1.17. The van der Waals surface area contributed by atoms with Crippen molar-refractivity contribution in [3.8, 4) is 0 Å². The van der Waals surface area contributed by atoms with Gasteiger partial charge in [-0.1, -0.05) is 44.9 Å². The first-order chi connectivity index (χ1) is 5.73. The summed E-state index contributed by atoms with van der Waals surface area (Å²) in [5.74, 6) is 0. The Labute approximate surface area is 85.1 Å². The fraction of sp³-hybridized carbons (Fsp3) is 0.600.